The highest BCUT2D eigenvalue weighted by Crippen LogP contribution is 2.36. The van der Waals surface area contributed by atoms with Crippen LogP contribution in [-0.2, 0) is 16.1 Å². The van der Waals surface area contributed by atoms with Crippen LogP contribution in [0.3, 0.4) is 0 Å². The fourth-order valence-corrected chi connectivity index (χ4v) is 7.31. The van der Waals surface area contributed by atoms with Gasteiger partial charge in [-0.05, 0) is 57.2 Å². The lowest BCUT2D eigenvalue weighted by Gasteiger charge is -2.31. The van der Waals surface area contributed by atoms with Gasteiger partial charge in [-0.3, -0.25) is 14.2 Å². The summed E-state index contributed by atoms with van der Waals surface area (Å²) in [6.07, 6.45) is 4.15. The Labute approximate surface area is 249 Å². The molecule has 3 aromatic heterocycles. The monoisotopic (exact) mass is 612 g/mol. The number of carbonyl (C=O) groups excluding carboxylic acids is 1. The van der Waals surface area contributed by atoms with E-state index in [9.17, 15) is 23.9 Å². The number of amides is 1. The van der Waals surface area contributed by atoms with Gasteiger partial charge in [0.25, 0.3) is 5.56 Å². The van der Waals surface area contributed by atoms with E-state index in [1.807, 2.05) is 0 Å². The first-order valence-corrected chi connectivity index (χ1v) is 15.1. The number of hydrogen-bond acceptors (Lipinski definition) is 9. The van der Waals surface area contributed by atoms with Crippen LogP contribution in [0.25, 0.3) is 15.2 Å². The summed E-state index contributed by atoms with van der Waals surface area (Å²) in [5.74, 6) is -0.423. The molecule has 14 heteroatoms. The summed E-state index contributed by atoms with van der Waals surface area (Å²) in [7, 11) is 3.12. The number of aliphatic hydroxyl groups is 1. The number of likely N-dealkylation sites (N-methyl/N-ethyl adjacent to an activating group) is 1. The maximum atomic E-state index is 14.6. The molecule has 0 spiro atoms. The van der Waals surface area contributed by atoms with E-state index in [1.54, 1.807) is 14.0 Å². The Kier molecular flexibility index (Phi) is 7.92. The molecule has 4 aromatic rings. The van der Waals surface area contributed by atoms with Gasteiger partial charge in [0.1, 0.15) is 33.5 Å². The fraction of sp³-hybridized carbons (Fsp3) is 0.483. The summed E-state index contributed by atoms with van der Waals surface area (Å²) >= 11 is 1.18. The van der Waals surface area contributed by atoms with E-state index in [2.05, 4.69) is 10.2 Å². The Morgan fingerprint density at radius 2 is 1.84 bits per heavy atom. The Hall–Kier alpha value is -3.88. The van der Waals surface area contributed by atoms with Crippen molar-refractivity contribution < 1.29 is 23.8 Å². The van der Waals surface area contributed by atoms with Gasteiger partial charge < -0.3 is 19.5 Å². The number of aryl methyl sites for hydroxylation is 1. The number of benzene rings is 1. The van der Waals surface area contributed by atoms with E-state index >= 15 is 0 Å². The minimum atomic E-state index is -0.950. The molecule has 1 aliphatic heterocycles. The molecule has 2 atom stereocenters. The van der Waals surface area contributed by atoms with Crippen molar-refractivity contribution in [2.45, 2.75) is 69.9 Å². The molecule has 0 unspecified atom stereocenters. The molecular weight excluding hydrogens is 579 g/mol. The molecule has 1 saturated heterocycles. The van der Waals surface area contributed by atoms with Gasteiger partial charge in [0, 0.05) is 24.7 Å². The van der Waals surface area contributed by atoms with Crippen molar-refractivity contribution >= 4 is 27.5 Å². The average Bonchev–Trinajstić information content (AvgIpc) is 3.72. The van der Waals surface area contributed by atoms with Gasteiger partial charge >= 0.3 is 5.69 Å². The number of likely N-dealkylation sites (tertiary alicyclic amines) is 1. The molecular formula is C29H33FN6O6S. The van der Waals surface area contributed by atoms with Gasteiger partial charge in [-0.2, -0.15) is 10.2 Å². The molecule has 1 aliphatic carbocycles. The number of aromatic nitrogens is 5. The van der Waals surface area contributed by atoms with Gasteiger partial charge in [0.15, 0.2) is 0 Å². The number of ether oxygens (including phenoxy) is 2. The predicted octanol–water partition coefficient (Wildman–Crippen LogP) is 2.73. The molecule has 0 radical (unpaired) electrons. The molecule has 2 aliphatic rings. The van der Waals surface area contributed by atoms with E-state index in [0.717, 1.165) is 4.57 Å². The number of aliphatic hydroxyl groups excluding tert-OH is 1. The lowest BCUT2D eigenvalue weighted by Crippen LogP contribution is -2.45. The predicted molar refractivity (Wildman–Crippen MR) is 156 cm³/mol. The zero-order valence-electron chi connectivity index (χ0n) is 24.1. The summed E-state index contributed by atoms with van der Waals surface area (Å²) in [6.45, 7) is 2.09. The third-order valence-corrected chi connectivity index (χ3v) is 9.70. The first kappa shape index (κ1) is 29.2. The Balaban J connectivity index is 1.55. The van der Waals surface area contributed by atoms with Crippen LogP contribution in [0.1, 0.15) is 55.4 Å². The van der Waals surface area contributed by atoms with Crippen molar-refractivity contribution in [1.82, 2.24) is 29.0 Å². The first-order chi connectivity index (χ1) is 20.7. The zero-order chi connectivity index (χ0) is 30.4. The van der Waals surface area contributed by atoms with Crippen molar-refractivity contribution in [2.75, 3.05) is 20.7 Å². The van der Waals surface area contributed by atoms with Crippen molar-refractivity contribution in [2.24, 2.45) is 0 Å². The summed E-state index contributed by atoms with van der Waals surface area (Å²) in [5, 5.41) is 19.3. The van der Waals surface area contributed by atoms with E-state index in [-0.39, 0.29) is 23.9 Å². The van der Waals surface area contributed by atoms with E-state index in [1.165, 1.54) is 63.3 Å². The number of methoxy groups -OCH3 is 1. The number of halogens is 1. The Morgan fingerprint density at radius 1 is 1.12 bits per heavy atom. The summed E-state index contributed by atoms with van der Waals surface area (Å²) in [6, 6.07) is 3.17. The number of rotatable bonds is 8. The highest BCUT2D eigenvalue weighted by molar-refractivity contribution is 7.21. The van der Waals surface area contributed by atoms with Gasteiger partial charge in [-0.1, -0.05) is 11.3 Å². The molecule has 43 heavy (non-hydrogen) atoms. The van der Waals surface area contributed by atoms with Crippen LogP contribution in [-0.4, -0.2) is 73.0 Å². The molecule has 0 bridgehead atoms. The van der Waals surface area contributed by atoms with E-state index in [0.29, 0.717) is 65.4 Å². The number of carbonyl (C=O) groups is 1. The SMILES string of the molecule is COc1ccc(F)cc1[C@H](Cn1c(=O)n([C@H]2CCN(C)C2=O)c(=O)c2c(C)c(-n3nccn3)sc21)O[C@H]1CC[C@@H](O)CC1. The molecule has 4 heterocycles. The second kappa shape index (κ2) is 11.7. The van der Waals surface area contributed by atoms with Gasteiger partial charge in [-0.25, -0.2) is 13.8 Å². The van der Waals surface area contributed by atoms with Gasteiger partial charge in [0.2, 0.25) is 5.91 Å². The highest BCUT2D eigenvalue weighted by atomic mass is 32.1. The average molecular weight is 613 g/mol. The van der Waals surface area contributed by atoms with Crippen molar-refractivity contribution in [3.05, 3.63) is 68.4 Å². The van der Waals surface area contributed by atoms with Crippen LogP contribution in [0.2, 0.25) is 0 Å². The van der Waals surface area contributed by atoms with Crippen molar-refractivity contribution in [1.29, 1.82) is 0 Å². The lowest BCUT2D eigenvalue weighted by molar-refractivity contribution is -0.129. The van der Waals surface area contributed by atoms with Crippen LogP contribution in [0.4, 0.5) is 4.39 Å². The second-order valence-corrected chi connectivity index (χ2v) is 12.1. The summed E-state index contributed by atoms with van der Waals surface area (Å²) < 4.78 is 29.3. The molecule has 1 saturated carbocycles. The van der Waals surface area contributed by atoms with Crippen LogP contribution in [0, 0.1) is 12.7 Å². The minimum absolute atomic E-state index is 0.0862. The molecule has 228 valence electrons. The maximum Gasteiger partial charge on any atom is 0.332 e. The zero-order valence-corrected chi connectivity index (χ0v) is 24.9. The molecule has 2 fully saturated rings. The second-order valence-electron chi connectivity index (χ2n) is 11.1. The summed E-state index contributed by atoms with van der Waals surface area (Å²) in [4.78, 5) is 44.7. The van der Waals surface area contributed by atoms with E-state index < -0.39 is 35.3 Å². The molecule has 1 N–H and O–H groups in total. The number of hydrogen-bond donors (Lipinski definition) is 1. The lowest BCUT2D eigenvalue weighted by atomic mass is 9.94. The number of fused-ring (bicyclic) bond motifs is 1. The first-order valence-electron chi connectivity index (χ1n) is 14.2. The third-order valence-electron chi connectivity index (χ3n) is 8.42. The quantitative estimate of drug-likeness (QED) is 0.321. The number of nitrogens with zero attached hydrogens (tertiary/aromatic N) is 6. The van der Waals surface area contributed by atoms with Crippen molar-refractivity contribution in [3.63, 3.8) is 0 Å². The standard InChI is InChI=1S/C29H33FN6O6S/c1-16-24-26(39)35(21-10-13-33(2)25(21)38)29(40)34(28(24)43-27(16)36-31-11-12-32-36)15-23(42-19-7-5-18(37)6-8-19)20-14-17(30)4-9-22(20)41-3/h4,9,11-12,14,18-19,21,23,37H,5-8,10,13,15H2,1-3H3/t18-,19+,21-,23-/m0/s1. The highest BCUT2D eigenvalue weighted by Gasteiger charge is 2.36. The third kappa shape index (κ3) is 5.27. The molecule has 1 aromatic carbocycles. The fourth-order valence-electron chi connectivity index (χ4n) is 6.09. The topological polar surface area (TPSA) is 134 Å². The number of thiophene rings is 1. The molecule has 1 amide bonds. The summed E-state index contributed by atoms with van der Waals surface area (Å²) in [5.41, 5.74) is -0.232. The minimum Gasteiger partial charge on any atom is -0.496 e. The Morgan fingerprint density at radius 3 is 2.49 bits per heavy atom. The van der Waals surface area contributed by atoms with Crippen LogP contribution in [0.5, 0.6) is 5.75 Å². The Bertz CT molecular complexity index is 1770. The largest absolute Gasteiger partial charge is 0.496 e. The smallest absolute Gasteiger partial charge is 0.332 e. The normalized spacial score (nSPS) is 21.6. The molecule has 6 rings (SSSR count). The van der Waals surface area contributed by atoms with Crippen molar-refractivity contribution in [3.8, 4) is 10.8 Å². The van der Waals surface area contributed by atoms with Crippen LogP contribution < -0.4 is 16.0 Å². The molecule has 12 nitrogen and oxygen atoms in total. The van der Waals surface area contributed by atoms with Gasteiger partial charge in [0.05, 0.1) is 43.6 Å². The maximum absolute atomic E-state index is 14.6. The van der Waals surface area contributed by atoms with Gasteiger partial charge in [-0.15, -0.1) is 4.80 Å². The van der Waals surface area contributed by atoms with Crippen LogP contribution >= 0.6 is 11.3 Å². The van der Waals surface area contributed by atoms with Crippen LogP contribution in [0.15, 0.2) is 40.2 Å². The van der Waals surface area contributed by atoms with E-state index in [4.69, 9.17) is 9.47 Å².